The maximum absolute atomic E-state index is 13.6. The van der Waals surface area contributed by atoms with Crippen LogP contribution in [0.3, 0.4) is 0 Å². The summed E-state index contributed by atoms with van der Waals surface area (Å²) in [6.45, 7) is 4.53. The van der Waals surface area contributed by atoms with E-state index in [0.717, 1.165) is 41.0 Å². The van der Waals surface area contributed by atoms with E-state index in [1.807, 2.05) is 26.2 Å². The molecule has 48 heavy (non-hydrogen) atoms. The number of benzene rings is 3. The summed E-state index contributed by atoms with van der Waals surface area (Å²) < 4.78 is 6.57. The van der Waals surface area contributed by atoms with Crippen LogP contribution in [0, 0.1) is 0 Å². The van der Waals surface area contributed by atoms with Crippen molar-refractivity contribution in [3.8, 4) is 0 Å². The number of carbonyl (C=O) groups is 1. The van der Waals surface area contributed by atoms with Gasteiger partial charge < -0.3 is 9.64 Å². The fraction of sp³-hybridized carbons (Fsp3) is 0.442. The highest BCUT2D eigenvalue weighted by Gasteiger charge is 2.53. The van der Waals surface area contributed by atoms with Crippen molar-refractivity contribution in [1.29, 1.82) is 0 Å². The Morgan fingerprint density at radius 1 is 0.604 bits per heavy atom. The molecule has 0 saturated heterocycles. The van der Waals surface area contributed by atoms with Crippen LogP contribution < -0.4 is 9.80 Å². The third-order valence-corrected chi connectivity index (χ3v) is 9.72. The van der Waals surface area contributed by atoms with Crippen molar-refractivity contribution in [2.45, 2.75) is 109 Å². The van der Waals surface area contributed by atoms with Gasteiger partial charge in [-0.15, -0.1) is 0 Å². The minimum Gasteiger partial charge on any atom is -0.425 e. The lowest BCUT2D eigenvalue weighted by Crippen LogP contribution is -2.45. The van der Waals surface area contributed by atoms with Gasteiger partial charge in [0.1, 0.15) is 0 Å². The number of fused-ring (bicyclic) bond motifs is 1. The number of aromatic nitrogens is 1. The van der Waals surface area contributed by atoms with Gasteiger partial charge in [0.05, 0.1) is 5.56 Å². The maximum atomic E-state index is 13.6. The Hall–Kier alpha value is -4.12. The average molecular weight is 646 g/mol. The van der Waals surface area contributed by atoms with Crippen molar-refractivity contribution < 1.29 is 9.53 Å². The van der Waals surface area contributed by atoms with Gasteiger partial charge in [0.25, 0.3) is 0 Å². The molecule has 0 saturated carbocycles. The zero-order valence-corrected chi connectivity index (χ0v) is 29.7. The number of carbonyl (C=O) groups excluding carboxylic acids is 1. The third-order valence-electron chi connectivity index (χ3n) is 9.72. The van der Waals surface area contributed by atoms with Crippen molar-refractivity contribution in [3.05, 3.63) is 119 Å². The van der Waals surface area contributed by atoms with E-state index in [4.69, 9.17) is 4.74 Å². The average Bonchev–Trinajstić information content (AvgIpc) is 3.41. The number of hydrogen-bond acceptors (Lipinski definition) is 5. The minimum atomic E-state index is -1.23. The third kappa shape index (κ3) is 8.29. The molecule has 1 aliphatic heterocycles. The molecule has 4 aromatic rings. The number of rotatable bonds is 19. The van der Waals surface area contributed by atoms with Crippen LogP contribution in [-0.2, 0) is 23.3 Å². The predicted molar refractivity (Wildman–Crippen MR) is 200 cm³/mol. The molecule has 1 unspecified atom stereocenters. The molecule has 0 spiro atoms. The summed E-state index contributed by atoms with van der Waals surface area (Å²) in [6.07, 6.45) is 19.2. The van der Waals surface area contributed by atoms with Gasteiger partial charge in [-0.2, -0.15) is 0 Å². The molecule has 0 bridgehead atoms. The monoisotopic (exact) mass is 645 g/mol. The zero-order valence-electron chi connectivity index (χ0n) is 29.7. The largest absolute Gasteiger partial charge is 0.425 e. The number of anilines is 3. The topological polar surface area (TPSA) is 45.7 Å². The summed E-state index contributed by atoms with van der Waals surface area (Å²) >= 11 is 0. The Balaban J connectivity index is 1.52. The van der Waals surface area contributed by atoms with Crippen LogP contribution in [0.2, 0.25) is 0 Å². The highest BCUT2D eigenvalue weighted by Crippen LogP contribution is 2.50. The molecule has 5 nitrogen and oxygen atoms in total. The first-order chi connectivity index (χ1) is 23.5. The van der Waals surface area contributed by atoms with Gasteiger partial charge in [-0.05, 0) is 85.3 Å². The highest BCUT2D eigenvalue weighted by molar-refractivity contribution is 5.95. The van der Waals surface area contributed by atoms with E-state index in [0.29, 0.717) is 5.69 Å². The van der Waals surface area contributed by atoms with Crippen molar-refractivity contribution in [3.63, 3.8) is 0 Å². The SMILES string of the molecule is CCCCCCCCc1ccc(N(c2ccc(CCCCCCCC)cc2)C2(c3ccc(N(C)C)cc3)OC(=O)c3ncccc32)cc1. The molecule has 0 aliphatic carbocycles. The van der Waals surface area contributed by atoms with E-state index < -0.39 is 11.7 Å². The molecule has 0 N–H and O–H groups in total. The van der Waals surface area contributed by atoms with E-state index in [2.05, 4.69) is 101 Å². The Bertz CT molecular complexity index is 1500. The molecular weight excluding hydrogens is 590 g/mol. The summed E-state index contributed by atoms with van der Waals surface area (Å²) in [4.78, 5) is 22.4. The summed E-state index contributed by atoms with van der Waals surface area (Å²) in [5.41, 5.74) is 6.43. The molecule has 5 heteroatoms. The molecule has 0 radical (unpaired) electrons. The van der Waals surface area contributed by atoms with E-state index >= 15 is 0 Å². The lowest BCUT2D eigenvalue weighted by Gasteiger charge is -2.42. The van der Waals surface area contributed by atoms with E-state index in [-0.39, 0.29) is 0 Å². The second-order valence-electron chi connectivity index (χ2n) is 13.6. The van der Waals surface area contributed by atoms with Crippen LogP contribution in [-0.4, -0.2) is 25.0 Å². The van der Waals surface area contributed by atoms with Crippen molar-refractivity contribution in [2.24, 2.45) is 0 Å². The van der Waals surface area contributed by atoms with Gasteiger partial charge in [-0.1, -0.05) is 114 Å². The molecule has 0 fully saturated rings. The number of nitrogens with zero attached hydrogens (tertiary/aromatic N) is 3. The quantitative estimate of drug-likeness (QED) is 0.0750. The standard InChI is InChI=1S/C43H55N3O2/c1-5-7-9-11-13-15-18-34-21-27-38(28-22-34)46(39-29-23-35(24-30-39)19-16-14-12-10-8-6-2)43(36-25-31-37(32-26-36)45(3)4)40-20-17-33-44-41(40)42(47)48-43/h17,20-33H,5-16,18-19H2,1-4H3. The lowest BCUT2D eigenvalue weighted by atomic mass is 9.91. The van der Waals surface area contributed by atoms with Crippen LogP contribution in [0.4, 0.5) is 17.1 Å². The highest BCUT2D eigenvalue weighted by atomic mass is 16.6. The Morgan fingerprint density at radius 2 is 1.08 bits per heavy atom. The summed E-state index contributed by atoms with van der Waals surface area (Å²) in [5.74, 6) is -0.410. The van der Waals surface area contributed by atoms with Crippen LogP contribution in [0.5, 0.6) is 0 Å². The first-order valence-electron chi connectivity index (χ1n) is 18.4. The summed E-state index contributed by atoms with van der Waals surface area (Å²) in [5, 5.41) is 0. The molecule has 3 aromatic carbocycles. The fourth-order valence-corrected chi connectivity index (χ4v) is 6.93. The van der Waals surface area contributed by atoms with Crippen molar-refractivity contribution in [2.75, 3.05) is 23.9 Å². The molecule has 254 valence electrons. The van der Waals surface area contributed by atoms with E-state index in [1.165, 1.54) is 88.2 Å². The second kappa shape index (κ2) is 17.3. The first-order valence-corrected chi connectivity index (χ1v) is 18.4. The number of aryl methyl sites for hydroxylation is 2. The summed E-state index contributed by atoms with van der Waals surface area (Å²) in [6, 6.07) is 29.9. The molecule has 2 heterocycles. The molecule has 1 aromatic heterocycles. The minimum absolute atomic E-state index is 0.360. The molecule has 0 amide bonds. The Labute approximate surface area is 289 Å². The van der Waals surface area contributed by atoms with Gasteiger partial charge in [-0.3, -0.25) is 4.90 Å². The fourth-order valence-electron chi connectivity index (χ4n) is 6.93. The van der Waals surface area contributed by atoms with E-state index in [9.17, 15) is 4.79 Å². The molecular formula is C43H55N3O2. The molecule has 1 aliphatic rings. The van der Waals surface area contributed by atoms with Gasteiger partial charge in [-0.25, -0.2) is 9.78 Å². The van der Waals surface area contributed by atoms with Crippen molar-refractivity contribution >= 4 is 23.0 Å². The van der Waals surface area contributed by atoms with Crippen molar-refractivity contribution in [1.82, 2.24) is 4.98 Å². The number of unbranched alkanes of at least 4 members (excludes halogenated alkanes) is 10. The number of cyclic esters (lactones) is 1. The first kappa shape index (κ1) is 35.2. The Morgan fingerprint density at radius 3 is 1.58 bits per heavy atom. The van der Waals surface area contributed by atoms with E-state index in [1.54, 1.807) is 6.20 Å². The molecule has 1 atom stereocenters. The predicted octanol–water partition coefficient (Wildman–Crippen LogP) is 11.2. The van der Waals surface area contributed by atoms with Gasteiger partial charge >= 0.3 is 5.97 Å². The maximum Gasteiger partial charge on any atom is 0.360 e. The second-order valence-corrected chi connectivity index (χ2v) is 13.6. The van der Waals surface area contributed by atoms with Gasteiger partial charge in [0, 0.05) is 42.9 Å². The molecule has 5 rings (SSSR count). The summed E-state index contributed by atoms with van der Waals surface area (Å²) in [7, 11) is 4.07. The number of ether oxygens (including phenoxy) is 1. The lowest BCUT2D eigenvalue weighted by molar-refractivity contribution is 0.0131. The Kier molecular flexibility index (Phi) is 12.7. The van der Waals surface area contributed by atoms with Crippen LogP contribution in [0.15, 0.2) is 91.1 Å². The van der Waals surface area contributed by atoms with Crippen LogP contribution >= 0.6 is 0 Å². The number of esters is 1. The number of pyridine rings is 1. The normalized spacial score (nSPS) is 15.3. The van der Waals surface area contributed by atoms with Gasteiger partial charge in [0.15, 0.2) is 5.69 Å². The van der Waals surface area contributed by atoms with Crippen LogP contribution in [0.1, 0.15) is 124 Å². The number of hydrogen-bond donors (Lipinski definition) is 0. The van der Waals surface area contributed by atoms with Crippen LogP contribution in [0.25, 0.3) is 0 Å². The zero-order chi connectivity index (χ0) is 33.8. The van der Waals surface area contributed by atoms with Gasteiger partial charge in [0.2, 0.25) is 5.72 Å². The smallest absolute Gasteiger partial charge is 0.360 e.